The van der Waals surface area contributed by atoms with Crippen molar-refractivity contribution < 1.29 is 14.2 Å². The standard InChI is InChI=1S/C33H39NO3/c1-3-9-26(10-4-1)13-8-20-36-30-15-7-14-29(23-30)34-33-17-16-31(37-25-27-11-5-2-6-12-27)24-32(33)28-18-21-35-22-19-28/h2,5-7,11-12,14-18,23-24,26,34H,1,3-4,8-10,13,19-22,25H2. The maximum absolute atomic E-state index is 6.14. The Balaban J connectivity index is 1.24. The summed E-state index contributed by atoms with van der Waals surface area (Å²) in [5, 5.41) is 3.64. The van der Waals surface area contributed by atoms with Gasteiger partial charge in [-0.2, -0.15) is 0 Å². The second-order valence-electron chi connectivity index (χ2n) is 10.2. The highest BCUT2D eigenvalue weighted by molar-refractivity contribution is 5.80. The van der Waals surface area contributed by atoms with Crippen LogP contribution < -0.4 is 14.8 Å². The molecule has 1 aliphatic carbocycles. The minimum atomic E-state index is 0.551. The molecule has 1 heterocycles. The molecule has 0 aromatic heterocycles. The fraction of sp³-hybridized carbons (Fsp3) is 0.394. The van der Waals surface area contributed by atoms with Crippen LogP contribution in [0.3, 0.4) is 0 Å². The van der Waals surface area contributed by atoms with Gasteiger partial charge in [0.2, 0.25) is 0 Å². The summed E-state index contributed by atoms with van der Waals surface area (Å²) in [5.74, 6) is 2.69. The molecule has 3 aromatic carbocycles. The van der Waals surface area contributed by atoms with Gasteiger partial charge in [-0.05, 0) is 66.6 Å². The smallest absolute Gasteiger partial charge is 0.121 e. The second kappa shape index (κ2) is 13.3. The fourth-order valence-electron chi connectivity index (χ4n) is 5.36. The van der Waals surface area contributed by atoms with Crippen LogP contribution >= 0.6 is 0 Å². The van der Waals surface area contributed by atoms with E-state index in [2.05, 4.69) is 53.9 Å². The van der Waals surface area contributed by atoms with Crippen LogP contribution in [0.15, 0.2) is 78.9 Å². The number of benzene rings is 3. The zero-order chi connectivity index (χ0) is 25.1. The number of nitrogens with one attached hydrogen (secondary N) is 1. The lowest BCUT2D eigenvalue weighted by molar-refractivity contribution is 0.161. The predicted molar refractivity (Wildman–Crippen MR) is 152 cm³/mol. The second-order valence-corrected chi connectivity index (χ2v) is 10.2. The van der Waals surface area contributed by atoms with E-state index in [0.29, 0.717) is 13.2 Å². The highest BCUT2D eigenvalue weighted by Gasteiger charge is 2.14. The molecule has 1 fully saturated rings. The van der Waals surface area contributed by atoms with Gasteiger partial charge in [0, 0.05) is 23.0 Å². The fourth-order valence-corrected chi connectivity index (χ4v) is 5.36. The molecule has 4 heteroatoms. The highest BCUT2D eigenvalue weighted by atomic mass is 16.5. The first-order valence-electron chi connectivity index (χ1n) is 13.9. The van der Waals surface area contributed by atoms with Crippen molar-refractivity contribution in [1.82, 2.24) is 0 Å². The third kappa shape index (κ3) is 7.62. The van der Waals surface area contributed by atoms with Crippen LogP contribution in [0.5, 0.6) is 11.5 Å². The molecule has 0 saturated heterocycles. The summed E-state index contributed by atoms with van der Waals surface area (Å²) in [6, 6.07) is 24.9. The van der Waals surface area contributed by atoms with E-state index in [1.54, 1.807) is 0 Å². The lowest BCUT2D eigenvalue weighted by atomic mass is 9.86. The molecule has 194 valence electrons. The van der Waals surface area contributed by atoms with Crippen LogP contribution in [0.25, 0.3) is 5.57 Å². The van der Waals surface area contributed by atoms with Crippen LogP contribution in [0.2, 0.25) is 0 Å². The Labute approximate surface area is 221 Å². The molecule has 0 bridgehead atoms. The first kappa shape index (κ1) is 25.4. The van der Waals surface area contributed by atoms with Crippen LogP contribution in [0.4, 0.5) is 11.4 Å². The monoisotopic (exact) mass is 497 g/mol. The molecular formula is C33H39NO3. The molecule has 0 radical (unpaired) electrons. The van der Waals surface area contributed by atoms with Gasteiger partial charge in [0.05, 0.1) is 19.8 Å². The van der Waals surface area contributed by atoms with Gasteiger partial charge in [0.1, 0.15) is 18.1 Å². The van der Waals surface area contributed by atoms with E-state index in [1.807, 2.05) is 30.3 Å². The van der Waals surface area contributed by atoms with Crippen LogP contribution in [0.1, 0.15) is 62.5 Å². The predicted octanol–water partition coefficient (Wildman–Crippen LogP) is 8.55. The summed E-state index contributed by atoms with van der Waals surface area (Å²) in [6.45, 7) is 2.72. The minimum absolute atomic E-state index is 0.551. The third-order valence-corrected chi connectivity index (χ3v) is 7.41. The molecule has 0 unspecified atom stereocenters. The van der Waals surface area contributed by atoms with Crippen LogP contribution in [-0.2, 0) is 11.3 Å². The Morgan fingerprint density at radius 3 is 2.54 bits per heavy atom. The van der Waals surface area contributed by atoms with Gasteiger partial charge in [-0.3, -0.25) is 0 Å². The molecule has 4 nitrogen and oxygen atoms in total. The number of ether oxygens (including phenoxy) is 3. The van der Waals surface area contributed by atoms with E-state index in [-0.39, 0.29) is 0 Å². The van der Waals surface area contributed by atoms with Gasteiger partial charge < -0.3 is 19.5 Å². The van der Waals surface area contributed by atoms with Gasteiger partial charge in [0.15, 0.2) is 0 Å². The molecule has 5 rings (SSSR count). The Kier molecular flexibility index (Phi) is 9.17. The highest BCUT2D eigenvalue weighted by Crippen LogP contribution is 2.34. The Bertz CT molecular complexity index is 1150. The van der Waals surface area contributed by atoms with Crippen molar-refractivity contribution in [2.45, 2.75) is 58.0 Å². The summed E-state index contributed by atoms with van der Waals surface area (Å²) in [7, 11) is 0. The number of hydrogen-bond acceptors (Lipinski definition) is 4. The molecule has 2 aliphatic rings. The Hall–Kier alpha value is -3.24. The summed E-state index contributed by atoms with van der Waals surface area (Å²) >= 11 is 0. The van der Waals surface area contributed by atoms with Crippen molar-refractivity contribution in [2.24, 2.45) is 5.92 Å². The number of rotatable bonds is 11. The largest absolute Gasteiger partial charge is 0.494 e. The molecule has 3 aromatic rings. The number of anilines is 2. The van der Waals surface area contributed by atoms with E-state index in [1.165, 1.54) is 44.1 Å². The van der Waals surface area contributed by atoms with Crippen molar-refractivity contribution in [3.63, 3.8) is 0 Å². The molecular weight excluding hydrogens is 458 g/mol. The van der Waals surface area contributed by atoms with Crippen molar-refractivity contribution in [1.29, 1.82) is 0 Å². The van der Waals surface area contributed by atoms with E-state index >= 15 is 0 Å². The summed E-state index contributed by atoms with van der Waals surface area (Å²) in [5.41, 5.74) is 5.69. The maximum atomic E-state index is 6.14. The topological polar surface area (TPSA) is 39.7 Å². The summed E-state index contributed by atoms with van der Waals surface area (Å²) < 4.78 is 17.8. The van der Waals surface area contributed by atoms with Gasteiger partial charge in [-0.1, -0.05) is 74.6 Å². The van der Waals surface area contributed by atoms with Crippen LogP contribution in [0, 0.1) is 5.92 Å². The zero-order valence-electron chi connectivity index (χ0n) is 21.8. The van der Waals surface area contributed by atoms with Crippen molar-refractivity contribution >= 4 is 16.9 Å². The van der Waals surface area contributed by atoms with Crippen molar-refractivity contribution in [3.05, 3.63) is 90.0 Å². The van der Waals surface area contributed by atoms with Crippen LogP contribution in [-0.4, -0.2) is 19.8 Å². The SMILES string of the molecule is C1=C(c2cc(OCc3ccccc3)ccc2Nc2cccc(OCCCC3CCCCC3)c2)CCOC1. The minimum Gasteiger partial charge on any atom is -0.494 e. The number of hydrogen-bond donors (Lipinski definition) is 1. The van der Waals surface area contributed by atoms with Gasteiger partial charge in [-0.25, -0.2) is 0 Å². The Morgan fingerprint density at radius 2 is 1.70 bits per heavy atom. The Morgan fingerprint density at radius 1 is 0.838 bits per heavy atom. The lowest BCUT2D eigenvalue weighted by Gasteiger charge is -2.21. The van der Waals surface area contributed by atoms with E-state index in [4.69, 9.17) is 14.2 Å². The van der Waals surface area contributed by atoms with E-state index in [0.717, 1.165) is 66.0 Å². The normalized spacial score (nSPS) is 16.2. The molecule has 0 amide bonds. The molecule has 1 N–H and O–H groups in total. The molecule has 0 spiro atoms. The van der Waals surface area contributed by atoms with Crippen molar-refractivity contribution in [2.75, 3.05) is 25.1 Å². The molecule has 0 atom stereocenters. The first-order chi connectivity index (χ1) is 18.3. The third-order valence-electron chi connectivity index (χ3n) is 7.41. The van der Waals surface area contributed by atoms with E-state index in [9.17, 15) is 0 Å². The quantitative estimate of drug-likeness (QED) is 0.269. The molecule has 1 aliphatic heterocycles. The van der Waals surface area contributed by atoms with Gasteiger partial charge in [-0.15, -0.1) is 0 Å². The molecule has 1 saturated carbocycles. The molecule has 37 heavy (non-hydrogen) atoms. The van der Waals surface area contributed by atoms with Gasteiger partial charge in [0.25, 0.3) is 0 Å². The van der Waals surface area contributed by atoms with Gasteiger partial charge >= 0.3 is 0 Å². The summed E-state index contributed by atoms with van der Waals surface area (Å²) in [6.07, 6.45) is 12.5. The first-order valence-corrected chi connectivity index (χ1v) is 13.9. The average Bonchev–Trinajstić information content (AvgIpc) is 2.97. The van der Waals surface area contributed by atoms with Crippen molar-refractivity contribution in [3.8, 4) is 11.5 Å². The maximum Gasteiger partial charge on any atom is 0.121 e. The zero-order valence-corrected chi connectivity index (χ0v) is 21.8. The summed E-state index contributed by atoms with van der Waals surface area (Å²) in [4.78, 5) is 0. The lowest BCUT2D eigenvalue weighted by Crippen LogP contribution is -2.08. The average molecular weight is 498 g/mol. The van der Waals surface area contributed by atoms with E-state index < -0.39 is 0 Å².